The van der Waals surface area contributed by atoms with E-state index in [-0.39, 0.29) is 5.57 Å². The standard InChI is InChI=1S/C10H9ClO2/c1-6-3-4-8(9(11)5-6)7(2)10(12)13/h3-5H,2H2,1H3,(H,12,13). The zero-order chi connectivity index (χ0) is 10.0. The fraction of sp³-hybridized carbons (Fsp3) is 0.100. The highest BCUT2D eigenvalue weighted by molar-refractivity contribution is 6.34. The van der Waals surface area contributed by atoms with Gasteiger partial charge in [0.15, 0.2) is 0 Å². The molecule has 1 aromatic rings. The summed E-state index contributed by atoms with van der Waals surface area (Å²) in [6, 6.07) is 5.18. The summed E-state index contributed by atoms with van der Waals surface area (Å²) in [6.45, 7) is 5.32. The van der Waals surface area contributed by atoms with Gasteiger partial charge in [-0.1, -0.05) is 30.3 Å². The first-order chi connectivity index (χ1) is 6.02. The van der Waals surface area contributed by atoms with Crippen LogP contribution in [-0.2, 0) is 4.79 Å². The van der Waals surface area contributed by atoms with E-state index < -0.39 is 5.97 Å². The third-order valence-electron chi connectivity index (χ3n) is 1.71. The van der Waals surface area contributed by atoms with Crippen LogP contribution < -0.4 is 0 Å². The Morgan fingerprint density at radius 1 is 1.54 bits per heavy atom. The molecule has 1 aromatic carbocycles. The second kappa shape index (κ2) is 3.62. The summed E-state index contributed by atoms with van der Waals surface area (Å²) in [5.74, 6) is -1.05. The average molecular weight is 197 g/mol. The summed E-state index contributed by atoms with van der Waals surface area (Å²) in [4.78, 5) is 10.6. The minimum Gasteiger partial charge on any atom is -0.478 e. The van der Waals surface area contributed by atoms with Crippen molar-refractivity contribution in [3.63, 3.8) is 0 Å². The third kappa shape index (κ3) is 2.10. The van der Waals surface area contributed by atoms with Crippen molar-refractivity contribution in [1.29, 1.82) is 0 Å². The predicted molar refractivity (Wildman–Crippen MR) is 52.9 cm³/mol. The first-order valence-corrected chi connectivity index (χ1v) is 4.09. The van der Waals surface area contributed by atoms with E-state index in [9.17, 15) is 4.79 Å². The summed E-state index contributed by atoms with van der Waals surface area (Å²) in [6.07, 6.45) is 0. The molecule has 0 aliphatic heterocycles. The molecule has 0 unspecified atom stereocenters. The summed E-state index contributed by atoms with van der Waals surface area (Å²) < 4.78 is 0. The number of halogens is 1. The Morgan fingerprint density at radius 2 is 2.15 bits per heavy atom. The summed E-state index contributed by atoms with van der Waals surface area (Å²) in [5, 5.41) is 9.09. The topological polar surface area (TPSA) is 37.3 Å². The van der Waals surface area contributed by atoms with Crippen LogP contribution >= 0.6 is 11.6 Å². The third-order valence-corrected chi connectivity index (χ3v) is 2.02. The van der Waals surface area contributed by atoms with Gasteiger partial charge in [0.1, 0.15) is 0 Å². The van der Waals surface area contributed by atoms with E-state index in [0.29, 0.717) is 10.6 Å². The van der Waals surface area contributed by atoms with Gasteiger partial charge >= 0.3 is 5.97 Å². The molecular formula is C10H9ClO2. The largest absolute Gasteiger partial charge is 0.478 e. The quantitative estimate of drug-likeness (QED) is 0.739. The van der Waals surface area contributed by atoms with Crippen LogP contribution in [0.5, 0.6) is 0 Å². The van der Waals surface area contributed by atoms with E-state index >= 15 is 0 Å². The number of hydrogen-bond donors (Lipinski definition) is 1. The maximum atomic E-state index is 10.6. The average Bonchev–Trinajstić information content (AvgIpc) is 2.03. The van der Waals surface area contributed by atoms with E-state index in [0.717, 1.165) is 5.56 Å². The van der Waals surface area contributed by atoms with Crippen LogP contribution in [-0.4, -0.2) is 11.1 Å². The van der Waals surface area contributed by atoms with Crippen LogP contribution in [0.25, 0.3) is 5.57 Å². The van der Waals surface area contributed by atoms with Crippen molar-refractivity contribution in [2.75, 3.05) is 0 Å². The molecule has 0 radical (unpaired) electrons. The number of hydrogen-bond acceptors (Lipinski definition) is 1. The van der Waals surface area contributed by atoms with Gasteiger partial charge < -0.3 is 5.11 Å². The molecule has 1 N–H and O–H groups in total. The Labute approximate surface area is 81.5 Å². The first-order valence-electron chi connectivity index (χ1n) is 3.71. The highest BCUT2D eigenvalue weighted by Gasteiger charge is 2.10. The van der Waals surface area contributed by atoms with Gasteiger partial charge in [0.05, 0.1) is 5.57 Å². The SMILES string of the molecule is C=C(C(=O)O)c1ccc(C)cc1Cl. The normalized spacial score (nSPS) is 9.69. The van der Waals surface area contributed by atoms with Gasteiger partial charge in [-0.2, -0.15) is 0 Å². The van der Waals surface area contributed by atoms with Crippen molar-refractivity contribution < 1.29 is 9.90 Å². The molecule has 3 heteroatoms. The van der Waals surface area contributed by atoms with Crippen molar-refractivity contribution in [2.45, 2.75) is 6.92 Å². The smallest absolute Gasteiger partial charge is 0.335 e. The highest BCUT2D eigenvalue weighted by Crippen LogP contribution is 2.23. The molecule has 13 heavy (non-hydrogen) atoms. The fourth-order valence-electron chi connectivity index (χ4n) is 0.980. The van der Waals surface area contributed by atoms with Crippen molar-refractivity contribution in [1.82, 2.24) is 0 Å². The molecule has 0 bridgehead atoms. The number of carboxylic acid groups (broad SMARTS) is 1. The molecule has 0 atom stereocenters. The van der Waals surface area contributed by atoms with Gasteiger partial charge in [0.2, 0.25) is 0 Å². The van der Waals surface area contributed by atoms with Gasteiger partial charge in [-0.05, 0) is 18.6 Å². The van der Waals surface area contributed by atoms with Crippen molar-refractivity contribution in [3.05, 3.63) is 40.9 Å². The number of carboxylic acids is 1. The second-order valence-corrected chi connectivity index (χ2v) is 3.17. The number of carbonyl (C=O) groups is 1. The van der Waals surface area contributed by atoms with E-state index in [1.807, 2.05) is 6.92 Å². The lowest BCUT2D eigenvalue weighted by Gasteiger charge is -2.03. The first kappa shape index (κ1) is 9.81. The lowest BCUT2D eigenvalue weighted by atomic mass is 10.1. The van der Waals surface area contributed by atoms with Crippen LogP contribution in [0.3, 0.4) is 0 Å². The number of rotatable bonds is 2. The van der Waals surface area contributed by atoms with E-state index in [1.165, 1.54) is 0 Å². The van der Waals surface area contributed by atoms with Crippen LogP contribution in [0.4, 0.5) is 0 Å². The summed E-state index contributed by atoms with van der Waals surface area (Å²) in [5.41, 5.74) is 1.48. The molecule has 0 aliphatic carbocycles. The minimum absolute atomic E-state index is 0.0185. The predicted octanol–water partition coefficient (Wildman–Crippen LogP) is 2.75. The molecule has 68 valence electrons. The maximum Gasteiger partial charge on any atom is 0.335 e. The van der Waals surface area contributed by atoms with Crippen LogP contribution in [0.2, 0.25) is 5.02 Å². The van der Waals surface area contributed by atoms with E-state index in [1.54, 1.807) is 18.2 Å². The Balaban J connectivity index is 3.16. The van der Waals surface area contributed by atoms with Crippen LogP contribution in [0, 0.1) is 6.92 Å². The van der Waals surface area contributed by atoms with E-state index in [2.05, 4.69) is 6.58 Å². The Kier molecular flexibility index (Phi) is 2.73. The van der Waals surface area contributed by atoms with Gasteiger partial charge in [-0.25, -0.2) is 4.79 Å². The number of benzene rings is 1. The molecule has 0 aliphatic rings. The zero-order valence-electron chi connectivity index (χ0n) is 7.17. The van der Waals surface area contributed by atoms with Gasteiger partial charge in [0, 0.05) is 10.6 Å². The van der Waals surface area contributed by atoms with Gasteiger partial charge in [0.25, 0.3) is 0 Å². The second-order valence-electron chi connectivity index (χ2n) is 2.77. The lowest BCUT2D eigenvalue weighted by molar-refractivity contribution is -0.130. The zero-order valence-corrected chi connectivity index (χ0v) is 7.93. The Morgan fingerprint density at radius 3 is 2.62 bits per heavy atom. The highest BCUT2D eigenvalue weighted by atomic mass is 35.5. The molecule has 1 rings (SSSR count). The molecule has 0 fully saturated rings. The maximum absolute atomic E-state index is 10.6. The van der Waals surface area contributed by atoms with Crippen molar-refractivity contribution >= 4 is 23.1 Å². The lowest BCUT2D eigenvalue weighted by Crippen LogP contribution is -1.98. The molecule has 2 nitrogen and oxygen atoms in total. The molecule has 0 aromatic heterocycles. The van der Waals surface area contributed by atoms with E-state index in [4.69, 9.17) is 16.7 Å². The summed E-state index contributed by atoms with van der Waals surface area (Å²) in [7, 11) is 0. The van der Waals surface area contributed by atoms with Crippen molar-refractivity contribution in [2.24, 2.45) is 0 Å². The molecule has 0 saturated carbocycles. The molecule has 0 amide bonds. The van der Waals surface area contributed by atoms with Crippen LogP contribution in [0.15, 0.2) is 24.8 Å². The van der Waals surface area contributed by atoms with Crippen molar-refractivity contribution in [3.8, 4) is 0 Å². The molecular weight excluding hydrogens is 188 g/mol. The number of aliphatic carboxylic acids is 1. The molecule has 0 heterocycles. The Bertz CT molecular complexity index is 369. The molecule has 0 spiro atoms. The fourth-order valence-corrected chi connectivity index (χ4v) is 1.33. The summed E-state index contributed by atoms with van der Waals surface area (Å²) >= 11 is 5.84. The van der Waals surface area contributed by atoms with Gasteiger partial charge in [-0.3, -0.25) is 0 Å². The van der Waals surface area contributed by atoms with Gasteiger partial charge in [-0.15, -0.1) is 0 Å². The monoisotopic (exact) mass is 196 g/mol. The molecule has 0 saturated heterocycles. The van der Waals surface area contributed by atoms with Crippen LogP contribution in [0.1, 0.15) is 11.1 Å². The Hall–Kier alpha value is -1.28. The minimum atomic E-state index is -1.05. The number of aryl methyl sites for hydroxylation is 1.